The van der Waals surface area contributed by atoms with Gasteiger partial charge in [-0.25, -0.2) is 9.37 Å². The fraction of sp³-hybridized carbons (Fsp3) is 0.333. The van der Waals surface area contributed by atoms with Gasteiger partial charge in [0.25, 0.3) is 0 Å². The van der Waals surface area contributed by atoms with Crippen LogP contribution in [0.2, 0.25) is 0 Å². The summed E-state index contributed by atoms with van der Waals surface area (Å²) in [7, 11) is 0. The third kappa shape index (κ3) is 3.03. The van der Waals surface area contributed by atoms with Gasteiger partial charge in [-0.3, -0.25) is 0 Å². The number of hydrogen-bond acceptors (Lipinski definition) is 3. The molecule has 4 nitrogen and oxygen atoms in total. The predicted molar refractivity (Wildman–Crippen MR) is 72.5 cm³/mol. The summed E-state index contributed by atoms with van der Waals surface area (Å²) in [6.07, 6.45) is 3.45. The van der Waals surface area contributed by atoms with Crippen LogP contribution >= 0.6 is 0 Å². The summed E-state index contributed by atoms with van der Waals surface area (Å²) in [6, 6.07) is 6.40. The molecule has 0 aliphatic heterocycles. The zero-order valence-electron chi connectivity index (χ0n) is 11.5. The van der Waals surface area contributed by atoms with Crippen molar-refractivity contribution in [1.29, 1.82) is 5.26 Å². The Hall–Kier alpha value is -2.19. The van der Waals surface area contributed by atoms with Gasteiger partial charge in [-0.1, -0.05) is 6.07 Å². The van der Waals surface area contributed by atoms with Gasteiger partial charge >= 0.3 is 0 Å². The minimum absolute atomic E-state index is 0.0574. The molecular formula is C15H16FN3O. The molecule has 2 aromatic rings. The molecule has 0 saturated carbocycles. The van der Waals surface area contributed by atoms with Gasteiger partial charge in [-0.15, -0.1) is 0 Å². The second-order valence-electron chi connectivity index (χ2n) is 4.44. The first-order valence-electron chi connectivity index (χ1n) is 6.46. The van der Waals surface area contributed by atoms with Crippen LogP contribution in [0.15, 0.2) is 30.6 Å². The van der Waals surface area contributed by atoms with Gasteiger partial charge in [0, 0.05) is 25.5 Å². The highest BCUT2D eigenvalue weighted by atomic mass is 19.1. The van der Waals surface area contributed by atoms with Crippen LogP contribution in [0.3, 0.4) is 0 Å². The molecular weight excluding hydrogens is 257 g/mol. The van der Waals surface area contributed by atoms with Crippen molar-refractivity contribution in [3.63, 3.8) is 0 Å². The third-order valence-electron chi connectivity index (χ3n) is 3.03. The molecule has 0 radical (unpaired) electrons. The number of imidazole rings is 1. The first-order chi connectivity index (χ1) is 9.65. The van der Waals surface area contributed by atoms with Crippen molar-refractivity contribution in [2.24, 2.45) is 0 Å². The van der Waals surface area contributed by atoms with Gasteiger partial charge in [0.2, 0.25) is 0 Å². The first kappa shape index (κ1) is 14.2. The number of aromatic nitrogens is 2. The minimum Gasteiger partial charge on any atom is -0.371 e. The number of nitriles is 1. The van der Waals surface area contributed by atoms with Crippen LogP contribution in [0.4, 0.5) is 4.39 Å². The Labute approximate surface area is 117 Å². The van der Waals surface area contributed by atoms with Crippen molar-refractivity contribution >= 4 is 0 Å². The summed E-state index contributed by atoms with van der Waals surface area (Å²) >= 11 is 0. The van der Waals surface area contributed by atoms with Crippen LogP contribution in [0.5, 0.6) is 0 Å². The van der Waals surface area contributed by atoms with E-state index >= 15 is 0 Å². The van der Waals surface area contributed by atoms with Crippen LogP contribution in [-0.4, -0.2) is 16.2 Å². The second kappa shape index (κ2) is 6.31. The lowest BCUT2D eigenvalue weighted by Crippen LogP contribution is -2.10. The molecule has 2 rings (SSSR count). The van der Waals surface area contributed by atoms with Crippen LogP contribution in [-0.2, 0) is 11.3 Å². The zero-order chi connectivity index (χ0) is 14.5. The lowest BCUT2D eigenvalue weighted by atomic mass is 10.1. The van der Waals surface area contributed by atoms with Gasteiger partial charge in [0.1, 0.15) is 23.8 Å². The molecule has 1 aromatic carbocycles. The molecule has 0 bridgehead atoms. The van der Waals surface area contributed by atoms with Crippen molar-refractivity contribution in [2.45, 2.75) is 26.5 Å². The summed E-state index contributed by atoms with van der Waals surface area (Å²) in [5.74, 6) is 0.319. The number of hydrogen-bond donors (Lipinski definition) is 0. The fourth-order valence-electron chi connectivity index (χ4n) is 2.09. The Morgan fingerprint density at radius 3 is 3.00 bits per heavy atom. The van der Waals surface area contributed by atoms with E-state index in [-0.39, 0.29) is 11.7 Å². The van der Waals surface area contributed by atoms with E-state index in [1.165, 1.54) is 6.07 Å². The van der Waals surface area contributed by atoms with E-state index in [2.05, 4.69) is 4.98 Å². The van der Waals surface area contributed by atoms with Crippen molar-refractivity contribution in [1.82, 2.24) is 9.55 Å². The van der Waals surface area contributed by atoms with Gasteiger partial charge in [0.05, 0.1) is 5.56 Å². The van der Waals surface area contributed by atoms with Crippen LogP contribution in [0.1, 0.15) is 36.9 Å². The normalized spacial score (nSPS) is 12.1. The predicted octanol–water partition coefficient (Wildman–Crippen LogP) is 3.04. The molecule has 0 amide bonds. The largest absolute Gasteiger partial charge is 0.371 e. The van der Waals surface area contributed by atoms with Crippen LogP contribution in [0.25, 0.3) is 0 Å². The highest BCUT2D eigenvalue weighted by Gasteiger charge is 2.12. The SMILES string of the molecule is CCOC(C)c1nccn1Cc1ccc(F)c(C#N)c1. The first-order valence-corrected chi connectivity index (χ1v) is 6.46. The molecule has 5 heteroatoms. The third-order valence-corrected chi connectivity index (χ3v) is 3.03. The molecule has 0 spiro atoms. The fourth-order valence-corrected chi connectivity index (χ4v) is 2.09. The number of rotatable bonds is 5. The Morgan fingerprint density at radius 1 is 1.50 bits per heavy atom. The molecule has 20 heavy (non-hydrogen) atoms. The lowest BCUT2D eigenvalue weighted by molar-refractivity contribution is 0.0677. The monoisotopic (exact) mass is 273 g/mol. The Bertz CT molecular complexity index is 630. The van der Waals surface area contributed by atoms with E-state index < -0.39 is 5.82 Å². The average Bonchev–Trinajstić information content (AvgIpc) is 2.89. The van der Waals surface area contributed by atoms with E-state index in [1.807, 2.05) is 30.7 Å². The smallest absolute Gasteiger partial charge is 0.140 e. The standard InChI is InChI=1S/C15H16FN3O/c1-3-20-11(2)15-18-6-7-19(15)10-12-4-5-14(16)13(8-12)9-17/h4-8,11H,3,10H2,1-2H3. The maximum Gasteiger partial charge on any atom is 0.140 e. The summed E-state index contributed by atoms with van der Waals surface area (Å²) < 4.78 is 20.8. The molecule has 0 aliphatic carbocycles. The molecule has 0 fully saturated rings. The zero-order valence-corrected chi connectivity index (χ0v) is 11.5. The van der Waals surface area contributed by atoms with Crippen LogP contribution < -0.4 is 0 Å². The number of benzene rings is 1. The second-order valence-corrected chi connectivity index (χ2v) is 4.44. The Morgan fingerprint density at radius 2 is 2.30 bits per heavy atom. The van der Waals surface area contributed by atoms with Gasteiger partial charge in [-0.05, 0) is 31.5 Å². The maximum absolute atomic E-state index is 13.3. The van der Waals surface area contributed by atoms with Crippen molar-refractivity contribution in [3.8, 4) is 6.07 Å². The van der Waals surface area contributed by atoms with Crippen LogP contribution in [0, 0.1) is 17.1 Å². The van der Waals surface area contributed by atoms with Gasteiger partial charge in [0.15, 0.2) is 0 Å². The summed E-state index contributed by atoms with van der Waals surface area (Å²) in [4.78, 5) is 4.29. The average molecular weight is 273 g/mol. The Kier molecular flexibility index (Phi) is 4.49. The molecule has 0 saturated heterocycles. The van der Waals surface area contributed by atoms with E-state index in [4.69, 9.17) is 10.00 Å². The van der Waals surface area contributed by atoms with E-state index in [1.54, 1.807) is 18.3 Å². The van der Waals surface area contributed by atoms with Crippen molar-refractivity contribution < 1.29 is 9.13 Å². The summed E-state index contributed by atoms with van der Waals surface area (Å²) in [6.45, 7) is 5.02. The summed E-state index contributed by atoms with van der Waals surface area (Å²) in [5, 5.41) is 8.85. The lowest BCUT2D eigenvalue weighted by Gasteiger charge is -2.14. The van der Waals surface area contributed by atoms with E-state index in [9.17, 15) is 4.39 Å². The van der Waals surface area contributed by atoms with E-state index in [0.717, 1.165) is 11.4 Å². The molecule has 1 heterocycles. The van der Waals surface area contributed by atoms with E-state index in [0.29, 0.717) is 13.2 Å². The van der Waals surface area contributed by atoms with Crippen molar-refractivity contribution in [3.05, 3.63) is 53.4 Å². The molecule has 0 aliphatic rings. The van der Waals surface area contributed by atoms with Gasteiger partial charge < -0.3 is 9.30 Å². The van der Waals surface area contributed by atoms with Crippen molar-refractivity contribution in [2.75, 3.05) is 6.61 Å². The Balaban J connectivity index is 2.23. The number of ether oxygens (including phenoxy) is 1. The quantitative estimate of drug-likeness (QED) is 0.841. The van der Waals surface area contributed by atoms with Gasteiger partial charge in [-0.2, -0.15) is 5.26 Å². The maximum atomic E-state index is 13.3. The summed E-state index contributed by atoms with van der Waals surface area (Å²) in [5.41, 5.74) is 0.910. The molecule has 1 unspecified atom stereocenters. The number of halogens is 1. The number of nitrogens with zero attached hydrogens (tertiary/aromatic N) is 3. The highest BCUT2D eigenvalue weighted by Crippen LogP contribution is 2.17. The minimum atomic E-state index is -0.496. The molecule has 1 aromatic heterocycles. The molecule has 0 N–H and O–H groups in total. The molecule has 104 valence electrons. The topological polar surface area (TPSA) is 50.8 Å². The molecule has 1 atom stereocenters. The highest BCUT2D eigenvalue weighted by molar-refractivity contribution is 5.34.